The van der Waals surface area contributed by atoms with E-state index in [-0.39, 0.29) is 36.6 Å². The summed E-state index contributed by atoms with van der Waals surface area (Å²) in [5, 5.41) is 0.620. The van der Waals surface area contributed by atoms with E-state index in [1.807, 2.05) is 30.3 Å². The summed E-state index contributed by atoms with van der Waals surface area (Å²) in [5.41, 5.74) is -0.200. The molecule has 4 aromatic rings. The highest BCUT2D eigenvalue weighted by Gasteiger charge is 2.68. The monoisotopic (exact) mass is 618 g/mol. The van der Waals surface area contributed by atoms with Gasteiger partial charge in [0.05, 0.1) is 29.3 Å². The van der Waals surface area contributed by atoms with Gasteiger partial charge in [0.25, 0.3) is 10.0 Å². The van der Waals surface area contributed by atoms with Crippen molar-refractivity contribution in [3.63, 3.8) is 0 Å². The maximum absolute atomic E-state index is 14.4. The number of hydrogen-bond donors (Lipinski definition) is 0. The number of carbonyl (C=O) groups is 2. The first kappa shape index (κ1) is 29.9. The Balaban J connectivity index is 1.55. The first-order valence-corrected chi connectivity index (χ1v) is 15.7. The predicted octanol–water partition coefficient (Wildman–Crippen LogP) is 4.71. The molecule has 1 aromatic heterocycles. The average molecular weight is 619 g/mol. The predicted molar refractivity (Wildman–Crippen MR) is 161 cm³/mol. The van der Waals surface area contributed by atoms with Gasteiger partial charge in [0.1, 0.15) is 12.0 Å². The molecule has 1 amide bonds. The van der Waals surface area contributed by atoms with Crippen LogP contribution in [0.2, 0.25) is 0 Å². The molecule has 2 aliphatic heterocycles. The highest BCUT2D eigenvalue weighted by atomic mass is 32.2. The second-order valence-corrected chi connectivity index (χ2v) is 13.0. The van der Waals surface area contributed by atoms with Crippen molar-refractivity contribution < 1.29 is 37.0 Å². The van der Waals surface area contributed by atoms with Crippen molar-refractivity contribution in [2.75, 3.05) is 27.9 Å². The number of esters is 1. The Bertz CT molecular complexity index is 1790. The van der Waals surface area contributed by atoms with Gasteiger partial charge in [-0.3, -0.25) is 4.79 Å². The smallest absolute Gasteiger partial charge is 0.410 e. The number of carbonyl (C=O) groups excluding carboxylic acids is 2. The third-order valence-electron chi connectivity index (χ3n) is 9.12. The number of para-hydroxylation sites is 1. The summed E-state index contributed by atoms with van der Waals surface area (Å²) < 4.78 is 53.1. The minimum absolute atomic E-state index is 0.0289. The molecule has 2 bridgehead atoms. The fourth-order valence-electron chi connectivity index (χ4n) is 7.00. The van der Waals surface area contributed by atoms with E-state index in [0.717, 1.165) is 5.56 Å². The summed E-state index contributed by atoms with van der Waals surface area (Å²) >= 11 is 0. The Hall–Kier alpha value is -4.19. The second-order valence-electron chi connectivity index (χ2n) is 11.2. The van der Waals surface area contributed by atoms with Gasteiger partial charge < -0.3 is 23.8 Å². The van der Waals surface area contributed by atoms with Crippen molar-refractivity contribution in [3.05, 3.63) is 102 Å². The van der Waals surface area contributed by atoms with E-state index in [1.54, 1.807) is 48.5 Å². The molecule has 44 heavy (non-hydrogen) atoms. The van der Waals surface area contributed by atoms with E-state index in [9.17, 15) is 18.0 Å². The SMILES string of the molecule is COC(=O)[C@]1(c2cc3ccccc3n2S(=O)(=O)c2ccccc2)C[C@H]2CN(C(=O)OCc3ccccc3)[C@@H]1CC2(OC)OC. The van der Waals surface area contributed by atoms with E-state index in [4.69, 9.17) is 18.9 Å². The second kappa shape index (κ2) is 11.4. The molecule has 7 rings (SSSR count). The Morgan fingerprint density at radius 3 is 2.14 bits per heavy atom. The molecular weight excluding hydrogens is 584 g/mol. The molecule has 11 heteroatoms. The van der Waals surface area contributed by atoms with Crippen molar-refractivity contribution in [2.45, 2.75) is 41.6 Å². The first-order valence-electron chi connectivity index (χ1n) is 14.3. The lowest BCUT2D eigenvalue weighted by Crippen LogP contribution is -2.73. The van der Waals surface area contributed by atoms with Gasteiger partial charge in [-0.1, -0.05) is 66.7 Å². The Morgan fingerprint density at radius 2 is 1.50 bits per heavy atom. The molecule has 0 unspecified atom stereocenters. The van der Waals surface area contributed by atoms with Gasteiger partial charge in [-0.15, -0.1) is 0 Å². The molecule has 3 aliphatic rings. The average Bonchev–Trinajstić information content (AvgIpc) is 3.48. The maximum Gasteiger partial charge on any atom is 0.410 e. The number of methoxy groups -OCH3 is 3. The van der Waals surface area contributed by atoms with Gasteiger partial charge in [0, 0.05) is 38.5 Å². The summed E-state index contributed by atoms with van der Waals surface area (Å²) in [6, 6.07) is 25.1. The fraction of sp³-hybridized carbons (Fsp3) is 0.333. The van der Waals surface area contributed by atoms with E-state index in [2.05, 4.69) is 0 Å². The summed E-state index contributed by atoms with van der Waals surface area (Å²) in [6.45, 7) is 0.200. The number of benzene rings is 3. The van der Waals surface area contributed by atoms with Crippen molar-refractivity contribution in [1.82, 2.24) is 8.87 Å². The molecule has 0 N–H and O–H groups in total. The zero-order valence-corrected chi connectivity index (χ0v) is 25.5. The third-order valence-corrected chi connectivity index (χ3v) is 10.9. The van der Waals surface area contributed by atoms with E-state index in [1.165, 1.54) is 42.3 Å². The van der Waals surface area contributed by atoms with Crippen LogP contribution in [-0.4, -0.2) is 69.1 Å². The first-order chi connectivity index (χ1) is 21.2. The summed E-state index contributed by atoms with van der Waals surface area (Å²) in [5.74, 6) is -2.31. The van der Waals surface area contributed by atoms with Gasteiger partial charge in [0.15, 0.2) is 5.79 Å². The van der Waals surface area contributed by atoms with Crippen LogP contribution in [0.15, 0.2) is 95.9 Å². The molecule has 10 nitrogen and oxygen atoms in total. The highest BCUT2D eigenvalue weighted by Crippen LogP contribution is 2.56. The number of aromatic nitrogens is 1. The zero-order valence-electron chi connectivity index (χ0n) is 24.7. The van der Waals surface area contributed by atoms with Crippen LogP contribution in [0, 0.1) is 5.92 Å². The molecule has 1 saturated carbocycles. The van der Waals surface area contributed by atoms with Gasteiger partial charge in [-0.25, -0.2) is 17.2 Å². The fourth-order valence-corrected chi connectivity index (χ4v) is 8.61. The molecule has 3 fully saturated rings. The van der Waals surface area contributed by atoms with Gasteiger partial charge in [-0.05, 0) is 36.2 Å². The van der Waals surface area contributed by atoms with Crippen molar-refractivity contribution >= 4 is 33.0 Å². The molecule has 230 valence electrons. The van der Waals surface area contributed by atoms with Crippen molar-refractivity contribution in [2.24, 2.45) is 5.92 Å². The number of ether oxygens (including phenoxy) is 4. The maximum atomic E-state index is 14.4. The number of fused-ring (bicyclic) bond motifs is 4. The standard InChI is InChI=1S/C33H34N2O8S/c1-40-30(36)32(28-18-24-14-10-11-17-27(24)35(28)44(38,39)26-15-8-5-9-16-26)19-25-21-34(29(32)20-33(25,41-2)42-3)31(37)43-22-23-12-6-4-7-13-23/h4-18,25,29H,19-22H2,1-3H3/t25-,29+,32-/m0/s1. The van der Waals surface area contributed by atoms with E-state index >= 15 is 0 Å². The van der Waals surface area contributed by atoms with Crippen LogP contribution < -0.4 is 0 Å². The lowest BCUT2D eigenvalue weighted by molar-refractivity contribution is -0.293. The largest absolute Gasteiger partial charge is 0.468 e. The molecular formula is C33H34N2O8S. The van der Waals surface area contributed by atoms with Crippen LogP contribution in [0.3, 0.4) is 0 Å². The number of hydrogen-bond acceptors (Lipinski definition) is 8. The van der Waals surface area contributed by atoms with Crippen LogP contribution in [0.4, 0.5) is 4.79 Å². The van der Waals surface area contributed by atoms with Crippen molar-refractivity contribution in [1.29, 1.82) is 0 Å². The molecule has 3 aromatic carbocycles. The van der Waals surface area contributed by atoms with Gasteiger partial charge in [-0.2, -0.15) is 0 Å². The van der Waals surface area contributed by atoms with Crippen LogP contribution in [0.25, 0.3) is 10.9 Å². The number of nitrogens with zero attached hydrogens (tertiary/aromatic N) is 2. The highest BCUT2D eigenvalue weighted by molar-refractivity contribution is 7.90. The van der Waals surface area contributed by atoms with Crippen LogP contribution in [-0.2, 0) is 45.8 Å². The van der Waals surface area contributed by atoms with E-state index < -0.39 is 45.2 Å². The summed E-state index contributed by atoms with van der Waals surface area (Å²) in [6.07, 6.45) is -0.450. The minimum Gasteiger partial charge on any atom is -0.468 e. The Morgan fingerprint density at radius 1 is 0.864 bits per heavy atom. The lowest BCUT2D eigenvalue weighted by Gasteiger charge is -2.60. The molecule has 0 radical (unpaired) electrons. The summed E-state index contributed by atoms with van der Waals surface area (Å²) in [4.78, 5) is 29.6. The van der Waals surface area contributed by atoms with Crippen LogP contribution in [0.1, 0.15) is 24.1 Å². The molecule has 3 atom stereocenters. The van der Waals surface area contributed by atoms with Gasteiger partial charge in [0.2, 0.25) is 0 Å². The zero-order chi connectivity index (χ0) is 31.1. The van der Waals surface area contributed by atoms with Gasteiger partial charge >= 0.3 is 12.1 Å². The minimum atomic E-state index is -4.21. The van der Waals surface area contributed by atoms with Crippen molar-refractivity contribution in [3.8, 4) is 0 Å². The summed E-state index contributed by atoms with van der Waals surface area (Å²) in [7, 11) is 0.109. The lowest BCUT2D eigenvalue weighted by atomic mass is 9.58. The molecule has 1 aliphatic carbocycles. The number of piperidine rings is 2. The molecule has 2 saturated heterocycles. The third kappa shape index (κ3) is 4.58. The quantitative estimate of drug-likeness (QED) is 0.206. The molecule has 3 heterocycles. The number of amides is 1. The Labute approximate surface area is 256 Å². The van der Waals surface area contributed by atoms with Crippen LogP contribution >= 0.6 is 0 Å². The van der Waals surface area contributed by atoms with Crippen LogP contribution in [0.5, 0.6) is 0 Å². The Kier molecular flexibility index (Phi) is 7.73. The normalized spacial score (nSPS) is 22.6. The number of rotatable bonds is 8. The topological polar surface area (TPSA) is 113 Å². The van der Waals surface area contributed by atoms with E-state index in [0.29, 0.717) is 10.9 Å². The molecule has 0 spiro atoms.